The van der Waals surface area contributed by atoms with E-state index in [1.807, 2.05) is 11.8 Å². The van der Waals surface area contributed by atoms with Crippen LogP contribution in [0.2, 0.25) is 6.04 Å². The Hall–Kier alpha value is 0.447. The first kappa shape index (κ1) is 12.4. The lowest BCUT2D eigenvalue weighted by Gasteiger charge is -2.07. The molecule has 0 bridgehead atoms. The predicted molar refractivity (Wildman–Crippen MR) is 54.1 cm³/mol. The smallest absolute Gasteiger partial charge is 0.390 e. The molecule has 3 N–H and O–H groups in total. The molecule has 0 aromatic carbocycles. The second kappa shape index (κ2) is 6.91. The van der Waals surface area contributed by atoms with Gasteiger partial charge >= 0.3 is 8.80 Å². The Kier molecular flexibility index (Phi) is 7.17. The van der Waals surface area contributed by atoms with Crippen molar-refractivity contribution in [1.29, 1.82) is 0 Å². The van der Waals surface area contributed by atoms with Gasteiger partial charge in [-0.1, -0.05) is 13.3 Å². The van der Waals surface area contributed by atoms with Gasteiger partial charge in [0, 0.05) is 6.04 Å². The van der Waals surface area contributed by atoms with Gasteiger partial charge in [-0.05, 0) is 24.3 Å². The lowest BCUT2D eigenvalue weighted by atomic mass is 10.4. The summed E-state index contributed by atoms with van der Waals surface area (Å²) in [5, 5.41) is 0. The maximum atomic E-state index is 8.66. The fourth-order valence-electron chi connectivity index (χ4n) is 0.760. The molecular formula is C7H18O3SSi. The zero-order valence-corrected chi connectivity index (χ0v) is 9.31. The zero-order chi connectivity index (χ0) is 9.45. The van der Waals surface area contributed by atoms with Gasteiger partial charge in [0.1, 0.15) is 0 Å². The SMILES string of the molecule is CCCCSCCC[Si](O)(O)O. The van der Waals surface area contributed by atoms with Crippen molar-refractivity contribution in [3.63, 3.8) is 0 Å². The van der Waals surface area contributed by atoms with Crippen LogP contribution in [0.5, 0.6) is 0 Å². The van der Waals surface area contributed by atoms with Gasteiger partial charge in [0.15, 0.2) is 0 Å². The summed E-state index contributed by atoms with van der Waals surface area (Å²) in [6.07, 6.45) is 3.11. The highest BCUT2D eigenvalue weighted by molar-refractivity contribution is 7.99. The maximum Gasteiger partial charge on any atom is 0.492 e. The summed E-state index contributed by atoms with van der Waals surface area (Å²) in [5.74, 6) is 2.05. The van der Waals surface area contributed by atoms with Crippen molar-refractivity contribution in [1.82, 2.24) is 0 Å². The summed E-state index contributed by atoms with van der Waals surface area (Å²) < 4.78 is 0. The van der Waals surface area contributed by atoms with Crippen molar-refractivity contribution < 1.29 is 14.4 Å². The van der Waals surface area contributed by atoms with Crippen molar-refractivity contribution in [3.05, 3.63) is 0 Å². The molecule has 0 atom stereocenters. The number of hydrogen-bond donors (Lipinski definition) is 3. The van der Waals surface area contributed by atoms with Gasteiger partial charge in [-0.2, -0.15) is 11.8 Å². The van der Waals surface area contributed by atoms with E-state index < -0.39 is 8.80 Å². The van der Waals surface area contributed by atoms with Gasteiger partial charge in [-0.25, -0.2) is 0 Å². The van der Waals surface area contributed by atoms with E-state index in [2.05, 4.69) is 6.92 Å². The Balaban J connectivity index is 3.01. The normalized spacial score (nSPS) is 12.0. The van der Waals surface area contributed by atoms with Crippen molar-refractivity contribution in [3.8, 4) is 0 Å². The average molecular weight is 210 g/mol. The first-order chi connectivity index (χ1) is 5.56. The Bertz CT molecular complexity index is 105. The summed E-state index contributed by atoms with van der Waals surface area (Å²) in [5.41, 5.74) is 0. The summed E-state index contributed by atoms with van der Waals surface area (Å²) in [6.45, 7) is 2.15. The molecule has 0 amide bonds. The molecule has 0 aromatic heterocycles. The molecule has 74 valence electrons. The minimum atomic E-state index is -3.74. The molecule has 5 heteroatoms. The van der Waals surface area contributed by atoms with Gasteiger partial charge < -0.3 is 14.4 Å². The van der Waals surface area contributed by atoms with Crippen molar-refractivity contribution >= 4 is 20.6 Å². The average Bonchev–Trinajstić information content (AvgIpc) is 1.94. The van der Waals surface area contributed by atoms with Crippen molar-refractivity contribution in [2.24, 2.45) is 0 Å². The lowest BCUT2D eigenvalue weighted by molar-refractivity contribution is 0.227. The standard InChI is InChI=1S/C7H18O3SSi/c1-2-3-5-11-6-4-7-12(8,9)10/h8-10H,2-7H2,1H3. The minimum Gasteiger partial charge on any atom is -0.390 e. The van der Waals surface area contributed by atoms with Gasteiger partial charge in [-0.15, -0.1) is 0 Å². The van der Waals surface area contributed by atoms with Crippen molar-refractivity contribution in [2.75, 3.05) is 11.5 Å². The summed E-state index contributed by atoms with van der Waals surface area (Å²) in [6, 6.07) is 0.173. The molecule has 12 heavy (non-hydrogen) atoms. The topological polar surface area (TPSA) is 60.7 Å². The Morgan fingerprint density at radius 3 is 2.17 bits per heavy atom. The third-order valence-electron chi connectivity index (χ3n) is 1.44. The van der Waals surface area contributed by atoms with E-state index in [-0.39, 0.29) is 6.04 Å². The molecule has 0 unspecified atom stereocenters. The molecule has 0 aliphatic carbocycles. The Morgan fingerprint density at radius 2 is 1.67 bits per heavy atom. The van der Waals surface area contributed by atoms with E-state index in [4.69, 9.17) is 14.4 Å². The van der Waals surface area contributed by atoms with E-state index in [1.54, 1.807) is 0 Å². The van der Waals surface area contributed by atoms with Crippen LogP contribution in [0.25, 0.3) is 0 Å². The van der Waals surface area contributed by atoms with Crippen LogP contribution in [0, 0.1) is 0 Å². The van der Waals surface area contributed by atoms with Gasteiger partial charge in [-0.3, -0.25) is 0 Å². The molecule has 0 aromatic rings. The van der Waals surface area contributed by atoms with Crippen LogP contribution in [0.4, 0.5) is 0 Å². The molecule has 0 aliphatic heterocycles. The molecule has 0 rings (SSSR count). The largest absolute Gasteiger partial charge is 0.492 e. The number of hydrogen-bond acceptors (Lipinski definition) is 4. The molecule has 0 heterocycles. The quantitative estimate of drug-likeness (QED) is 0.430. The summed E-state index contributed by atoms with van der Waals surface area (Å²) >= 11 is 1.81. The summed E-state index contributed by atoms with van der Waals surface area (Å²) in [4.78, 5) is 26.0. The second-order valence-corrected chi connectivity index (χ2v) is 6.12. The van der Waals surface area contributed by atoms with E-state index in [9.17, 15) is 0 Å². The monoisotopic (exact) mass is 210 g/mol. The number of unbranched alkanes of at least 4 members (excludes halogenated alkanes) is 1. The number of thioether (sulfide) groups is 1. The highest BCUT2D eigenvalue weighted by Crippen LogP contribution is 2.10. The molecule has 0 saturated heterocycles. The molecule has 0 aliphatic rings. The molecule has 0 spiro atoms. The van der Waals surface area contributed by atoms with E-state index in [0.29, 0.717) is 6.42 Å². The van der Waals surface area contributed by atoms with Gasteiger partial charge in [0.25, 0.3) is 0 Å². The van der Waals surface area contributed by atoms with Crippen LogP contribution >= 0.6 is 11.8 Å². The van der Waals surface area contributed by atoms with Crippen molar-refractivity contribution in [2.45, 2.75) is 32.2 Å². The number of rotatable bonds is 7. The third-order valence-corrected chi connectivity index (χ3v) is 3.62. The van der Waals surface area contributed by atoms with Crippen LogP contribution in [-0.4, -0.2) is 34.7 Å². The Morgan fingerprint density at radius 1 is 1.08 bits per heavy atom. The highest BCUT2D eigenvalue weighted by Gasteiger charge is 2.25. The first-order valence-corrected chi connectivity index (χ1v) is 7.51. The maximum absolute atomic E-state index is 8.66. The Labute approximate surface area is 79.2 Å². The van der Waals surface area contributed by atoms with Crippen LogP contribution in [0.1, 0.15) is 26.2 Å². The minimum absolute atomic E-state index is 0.173. The van der Waals surface area contributed by atoms with E-state index >= 15 is 0 Å². The molecule has 0 fully saturated rings. The van der Waals surface area contributed by atoms with Crippen LogP contribution in [-0.2, 0) is 0 Å². The van der Waals surface area contributed by atoms with Gasteiger partial charge in [0.05, 0.1) is 0 Å². The zero-order valence-electron chi connectivity index (χ0n) is 7.49. The van der Waals surface area contributed by atoms with E-state index in [1.165, 1.54) is 12.8 Å². The summed E-state index contributed by atoms with van der Waals surface area (Å²) in [7, 11) is -3.74. The van der Waals surface area contributed by atoms with Crippen LogP contribution in [0.15, 0.2) is 0 Å². The molecule has 0 radical (unpaired) electrons. The molecular weight excluding hydrogens is 192 g/mol. The molecule has 3 nitrogen and oxygen atoms in total. The molecule has 0 saturated carbocycles. The first-order valence-electron chi connectivity index (χ1n) is 4.31. The van der Waals surface area contributed by atoms with E-state index in [0.717, 1.165) is 11.5 Å². The second-order valence-electron chi connectivity index (χ2n) is 2.84. The lowest BCUT2D eigenvalue weighted by Crippen LogP contribution is -2.34. The fraction of sp³-hybridized carbons (Fsp3) is 1.00. The van der Waals surface area contributed by atoms with Crippen LogP contribution < -0.4 is 0 Å². The van der Waals surface area contributed by atoms with Crippen LogP contribution in [0.3, 0.4) is 0 Å². The van der Waals surface area contributed by atoms with Gasteiger partial charge in [0.2, 0.25) is 0 Å². The third kappa shape index (κ3) is 10.4. The fourth-order valence-corrected chi connectivity index (χ4v) is 2.71. The highest BCUT2D eigenvalue weighted by atomic mass is 32.2. The predicted octanol–water partition coefficient (Wildman–Crippen LogP) is 0.826.